The Morgan fingerprint density at radius 3 is 2.53 bits per heavy atom. The van der Waals surface area contributed by atoms with Crippen molar-refractivity contribution in [1.29, 1.82) is 0 Å². The molecule has 0 spiro atoms. The van der Waals surface area contributed by atoms with E-state index in [2.05, 4.69) is 10.2 Å². The Balaban J connectivity index is 1.52. The van der Waals surface area contributed by atoms with Gasteiger partial charge in [0, 0.05) is 5.56 Å². The van der Waals surface area contributed by atoms with Crippen molar-refractivity contribution in [3.05, 3.63) is 84.1 Å². The second-order valence-corrected chi connectivity index (χ2v) is 7.47. The molecule has 152 valence electrons. The molecule has 0 N–H and O–H groups in total. The molecule has 0 radical (unpaired) electrons. The number of furan rings is 1. The molecule has 0 aliphatic rings. The molecule has 0 atom stereocenters. The molecule has 0 aliphatic carbocycles. The highest BCUT2D eigenvalue weighted by Gasteiger charge is 2.18. The summed E-state index contributed by atoms with van der Waals surface area (Å²) in [5.74, 6) is 2.33. The summed E-state index contributed by atoms with van der Waals surface area (Å²) in [6.07, 6.45) is 1.61. The molecule has 2 aromatic heterocycles. The first-order chi connectivity index (χ1) is 14.7. The third-order valence-corrected chi connectivity index (χ3v) is 5.43. The predicted octanol–water partition coefficient (Wildman–Crippen LogP) is 4.96. The van der Waals surface area contributed by atoms with Gasteiger partial charge in [-0.15, -0.1) is 10.2 Å². The molecule has 0 saturated carbocycles. The number of carbonyl (C=O) groups excluding carboxylic acids is 1. The van der Waals surface area contributed by atoms with Crippen molar-refractivity contribution in [3.8, 4) is 17.3 Å². The minimum Gasteiger partial charge on any atom is -0.494 e. The Hall–Kier alpha value is -3.32. The number of aromatic nitrogens is 3. The number of nitrogens with zero attached hydrogens (tertiary/aromatic N) is 3. The molecule has 4 aromatic rings. The van der Waals surface area contributed by atoms with E-state index in [1.807, 2.05) is 66.1 Å². The summed E-state index contributed by atoms with van der Waals surface area (Å²) in [5, 5.41) is 9.30. The smallest absolute Gasteiger partial charge is 0.200 e. The van der Waals surface area contributed by atoms with Crippen LogP contribution < -0.4 is 4.74 Å². The van der Waals surface area contributed by atoms with E-state index in [-0.39, 0.29) is 11.5 Å². The SMILES string of the molecule is CCOc1ccc(C(=O)CSc2nnc(-c3ccco3)n2Cc2ccccc2)cc1. The summed E-state index contributed by atoms with van der Waals surface area (Å²) in [4.78, 5) is 12.7. The molecule has 30 heavy (non-hydrogen) atoms. The van der Waals surface area contributed by atoms with Gasteiger partial charge in [-0.3, -0.25) is 9.36 Å². The van der Waals surface area contributed by atoms with Gasteiger partial charge in [-0.2, -0.15) is 0 Å². The number of Topliss-reactive ketones (excluding diaryl/α,β-unsaturated/α-hetero) is 1. The molecule has 0 bridgehead atoms. The Morgan fingerprint density at radius 2 is 1.83 bits per heavy atom. The zero-order valence-electron chi connectivity index (χ0n) is 16.5. The van der Waals surface area contributed by atoms with E-state index in [1.165, 1.54) is 11.8 Å². The molecule has 0 aliphatic heterocycles. The summed E-state index contributed by atoms with van der Waals surface area (Å²) in [7, 11) is 0. The second kappa shape index (κ2) is 9.45. The number of ether oxygens (including phenoxy) is 1. The minimum absolute atomic E-state index is 0.0249. The quantitative estimate of drug-likeness (QED) is 0.282. The van der Waals surface area contributed by atoms with Crippen molar-refractivity contribution >= 4 is 17.5 Å². The fraction of sp³-hybridized carbons (Fsp3) is 0.174. The van der Waals surface area contributed by atoms with Gasteiger partial charge >= 0.3 is 0 Å². The Kier molecular flexibility index (Phi) is 6.29. The van der Waals surface area contributed by atoms with Crippen molar-refractivity contribution in [2.24, 2.45) is 0 Å². The first-order valence-electron chi connectivity index (χ1n) is 9.64. The van der Waals surface area contributed by atoms with Crippen molar-refractivity contribution in [1.82, 2.24) is 14.8 Å². The van der Waals surface area contributed by atoms with E-state index < -0.39 is 0 Å². The third-order valence-electron chi connectivity index (χ3n) is 4.46. The van der Waals surface area contributed by atoms with E-state index in [1.54, 1.807) is 18.4 Å². The lowest BCUT2D eigenvalue weighted by atomic mass is 10.1. The fourth-order valence-electron chi connectivity index (χ4n) is 3.01. The van der Waals surface area contributed by atoms with Crippen LogP contribution in [0, 0.1) is 0 Å². The van der Waals surface area contributed by atoms with E-state index >= 15 is 0 Å². The van der Waals surface area contributed by atoms with Crippen LogP contribution in [0.25, 0.3) is 11.6 Å². The van der Waals surface area contributed by atoms with Gasteiger partial charge < -0.3 is 9.15 Å². The zero-order chi connectivity index (χ0) is 20.8. The Bertz CT molecular complexity index is 1090. The van der Waals surface area contributed by atoms with E-state index in [0.717, 1.165) is 11.3 Å². The van der Waals surface area contributed by atoms with Crippen molar-refractivity contribution in [2.75, 3.05) is 12.4 Å². The van der Waals surface area contributed by atoms with Crippen LogP contribution in [0.5, 0.6) is 5.75 Å². The number of hydrogen-bond donors (Lipinski definition) is 0. The lowest BCUT2D eigenvalue weighted by molar-refractivity contribution is 0.102. The number of ketones is 1. The van der Waals surface area contributed by atoms with Crippen molar-refractivity contribution in [2.45, 2.75) is 18.6 Å². The van der Waals surface area contributed by atoms with Gasteiger partial charge in [0.05, 0.1) is 25.2 Å². The summed E-state index contributed by atoms with van der Waals surface area (Å²) in [5.41, 5.74) is 1.76. The van der Waals surface area contributed by atoms with Gasteiger partial charge in [0.1, 0.15) is 5.75 Å². The zero-order valence-corrected chi connectivity index (χ0v) is 17.3. The van der Waals surface area contributed by atoms with Crippen LogP contribution >= 0.6 is 11.8 Å². The van der Waals surface area contributed by atoms with Gasteiger partial charge in [-0.1, -0.05) is 42.1 Å². The average Bonchev–Trinajstić information content (AvgIpc) is 3.44. The summed E-state index contributed by atoms with van der Waals surface area (Å²) >= 11 is 1.37. The van der Waals surface area contributed by atoms with Crippen LogP contribution in [0.1, 0.15) is 22.8 Å². The monoisotopic (exact) mass is 419 g/mol. The highest BCUT2D eigenvalue weighted by atomic mass is 32.2. The number of hydrogen-bond acceptors (Lipinski definition) is 6. The molecule has 2 heterocycles. The first kappa shape index (κ1) is 20.0. The Labute approximate surface area is 178 Å². The molecule has 0 amide bonds. The number of rotatable bonds is 9. The average molecular weight is 420 g/mol. The van der Waals surface area contributed by atoms with Gasteiger partial charge in [-0.05, 0) is 48.9 Å². The van der Waals surface area contributed by atoms with Crippen LogP contribution in [0.3, 0.4) is 0 Å². The summed E-state index contributed by atoms with van der Waals surface area (Å²) < 4.78 is 12.9. The molecular formula is C23H21N3O3S. The maximum Gasteiger partial charge on any atom is 0.200 e. The molecule has 0 fully saturated rings. The third kappa shape index (κ3) is 4.63. The number of benzene rings is 2. The second-order valence-electron chi connectivity index (χ2n) is 6.52. The highest BCUT2D eigenvalue weighted by molar-refractivity contribution is 7.99. The minimum atomic E-state index is 0.0249. The standard InChI is InChI=1S/C23H21N3O3S/c1-2-28-19-12-10-18(11-13-19)20(27)16-30-23-25-24-22(21-9-6-14-29-21)26(23)15-17-7-4-3-5-8-17/h3-14H,2,15-16H2,1H3. The van der Waals surface area contributed by atoms with Crippen molar-refractivity contribution in [3.63, 3.8) is 0 Å². The van der Waals surface area contributed by atoms with E-state index in [0.29, 0.717) is 35.5 Å². The maximum absolute atomic E-state index is 12.7. The lowest BCUT2D eigenvalue weighted by Gasteiger charge is -2.09. The molecule has 6 nitrogen and oxygen atoms in total. The fourth-order valence-corrected chi connectivity index (χ4v) is 3.84. The Morgan fingerprint density at radius 1 is 1.03 bits per heavy atom. The van der Waals surface area contributed by atoms with Crippen LogP contribution in [0.2, 0.25) is 0 Å². The number of thioether (sulfide) groups is 1. The van der Waals surface area contributed by atoms with Crippen LogP contribution in [0.4, 0.5) is 0 Å². The van der Waals surface area contributed by atoms with Crippen molar-refractivity contribution < 1.29 is 13.9 Å². The van der Waals surface area contributed by atoms with Gasteiger partial charge in [0.25, 0.3) is 0 Å². The summed E-state index contributed by atoms with van der Waals surface area (Å²) in [6, 6.07) is 20.9. The highest BCUT2D eigenvalue weighted by Crippen LogP contribution is 2.26. The van der Waals surface area contributed by atoms with Gasteiger partial charge in [0.15, 0.2) is 16.7 Å². The lowest BCUT2D eigenvalue weighted by Crippen LogP contribution is -2.07. The van der Waals surface area contributed by atoms with Crippen LogP contribution in [-0.2, 0) is 6.54 Å². The van der Waals surface area contributed by atoms with Gasteiger partial charge in [-0.25, -0.2) is 0 Å². The van der Waals surface area contributed by atoms with Crippen LogP contribution in [0.15, 0.2) is 82.6 Å². The normalized spacial score (nSPS) is 10.8. The molecule has 7 heteroatoms. The molecule has 0 unspecified atom stereocenters. The molecule has 2 aromatic carbocycles. The van der Waals surface area contributed by atoms with E-state index in [9.17, 15) is 4.79 Å². The maximum atomic E-state index is 12.7. The van der Waals surface area contributed by atoms with E-state index in [4.69, 9.17) is 9.15 Å². The molecule has 4 rings (SSSR count). The predicted molar refractivity (Wildman–Crippen MR) is 116 cm³/mol. The summed E-state index contributed by atoms with van der Waals surface area (Å²) in [6.45, 7) is 3.11. The largest absolute Gasteiger partial charge is 0.494 e. The number of carbonyl (C=O) groups is 1. The first-order valence-corrected chi connectivity index (χ1v) is 10.6. The van der Waals surface area contributed by atoms with Gasteiger partial charge in [0.2, 0.25) is 5.82 Å². The molecular weight excluding hydrogens is 398 g/mol. The molecule has 0 saturated heterocycles. The topological polar surface area (TPSA) is 70.2 Å². The van der Waals surface area contributed by atoms with Crippen LogP contribution in [-0.4, -0.2) is 32.9 Å².